The molecule has 0 spiro atoms. The number of unbranched alkanes of at least 4 members (excludes halogenated alkanes) is 1. The number of anilines is 1. The van der Waals surface area contributed by atoms with E-state index < -0.39 is 10.8 Å². The smallest absolute Gasteiger partial charge is 0.326 e. The first kappa shape index (κ1) is 14.3. The summed E-state index contributed by atoms with van der Waals surface area (Å²) in [6.45, 7) is 2.49. The number of nitrogens with one attached hydrogen (secondary N) is 3. The second kappa shape index (κ2) is 6.38. The molecule has 1 aromatic carbocycles. The zero-order valence-electron chi connectivity index (χ0n) is 11.3. The van der Waals surface area contributed by atoms with E-state index in [2.05, 4.69) is 16.2 Å². The van der Waals surface area contributed by atoms with Gasteiger partial charge in [-0.25, -0.2) is 4.79 Å². The fourth-order valence-corrected chi connectivity index (χ4v) is 1.74. The van der Waals surface area contributed by atoms with Crippen molar-refractivity contribution in [3.05, 3.63) is 42.4 Å². The molecule has 4 N–H and O–H groups in total. The first-order valence-electron chi connectivity index (χ1n) is 6.52. The molecule has 108 valence electrons. The summed E-state index contributed by atoms with van der Waals surface area (Å²) >= 11 is 0. The minimum absolute atomic E-state index is 0.164. The number of carbonyl (C=O) groups is 1. The predicted octanol–water partition coefficient (Wildman–Crippen LogP) is 2.06. The van der Waals surface area contributed by atoms with E-state index in [-0.39, 0.29) is 5.88 Å². The third-order valence-corrected chi connectivity index (χ3v) is 2.77. The molecule has 1 aromatic rings. The maximum atomic E-state index is 11.7. The highest BCUT2D eigenvalue weighted by atomic mass is 16.8. The molecule has 2 rings (SSSR count). The molecule has 0 bridgehead atoms. The van der Waals surface area contributed by atoms with Gasteiger partial charge in [0.25, 0.3) is 5.88 Å². The molecule has 20 heavy (non-hydrogen) atoms. The highest BCUT2D eigenvalue weighted by Gasteiger charge is 2.33. The van der Waals surface area contributed by atoms with Crippen molar-refractivity contribution in [2.75, 3.05) is 11.9 Å². The van der Waals surface area contributed by atoms with Crippen LogP contribution in [-0.2, 0) is 4.84 Å². The number of nitrogens with zero attached hydrogens (tertiary/aromatic N) is 1. The number of hydrogen-bond donors (Lipinski definition) is 4. The summed E-state index contributed by atoms with van der Waals surface area (Å²) in [7, 11) is 0. The van der Waals surface area contributed by atoms with E-state index in [0.717, 1.165) is 12.8 Å². The van der Waals surface area contributed by atoms with Crippen LogP contribution in [0.2, 0.25) is 0 Å². The number of rotatable bonds is 5. The topological polar surface area (TPSA) is 82.6 Å². The van der Waals surface area contributed by atoms with Crippen LogP contribution >= 0.6 is 0 Å². The molecule has 0 saturated heterocycles. The number of hydroxylamine groups is 2. The number of quaternary nitrogens is 1. The normalized spacial score (nSPS) is 21.0. The van der Waals surface area contributed by atoms with Crippen molar-refractivity contribution in [3.63, 3.8) is 0 Å². The third kappa shape index (κ3) is 3.95. The number of benzene rings is 1. The summed E-state index contributed by atoms with van der Waals surface area (Å²) in [5.74, 6) is 0.164. The molecule has 7 heteroatoms. The van der Waals surface area contributed by atoms with Crippen LogP contribution in [0.1, 0.15) is 19.8 Å². The quantitative estimate of drug-likeness (QED) is 0.622. The number of urea groups is 1. The van der Waals surface area contributed by atoms with Gasteiger partial charge in [-0.3, -0.25) is 5.32 Å². The van der Waals surface area contributed by atoms with Crippen LogP contribution in [0.4, 0.5) is 10.5 Å². The molecule has 0 fully saturated rings. The summed E-state index contributed by atoms with van der Waals surface area (Å²) in [6.07, 6.45) is 3.18. The SMILES string of the molecule is CCCC[N+]1(O)C=C(NC(=O)Nc2ccccc2)ON1. The number of para-hydroxylation sites is 1. The third-order valence-electron chi connectivity index (χ3n) is 2.77. The molecule has 1 aliphatic rings. The average molecular weight is 279 g/mol. The van der Waals surface area contributed by atoms with E-state index in [9.17, 15) is 10.0 Å². The molecule has 0 saturated carbocycles. The molecule has 1 aliphatic heterocycles. The molecule has 0 radical (unpaired) electrons. The lowest BCUT2D eigenvalue weighted by molar-refractivity contribution is -1.11. The summed E-state index contributed by atoms with van der Waals surface area (Å²) in [4.78, 5) is 16.8. The van der Waals surface area contributed by atoms with Crippen LogP contribution in [0.5, 0.6) is 0 Å². The van der Waals surface area contributed by atoms with Crippen molar-refractivity contribution in [1.82, 2.24) is 10.9 Å². The highest BCUT2D eigenvalue weighted by molar-refractivity contribution is 5.90. The van der Waals surface area contributed by atoms with Crippen LogP contribution in [0.3, 0.4) is 0 Å². The maximum absolute atomic E-state index is 11.7. The van der Waals surface area contributed by atoms with Crippen LogP contribution in [-0.4, -0.2) is 22.5 Å². The van der Waals surface area contributed by atoms with Crippen molar-refractivity contribution in [1.29, 1.82) is 0 Å². The second-order valence-corrected chi connectivity index (χ2v) is 4.54. The Morgan fingerprint density at radius 1 is 1.35 bits per heavy atom. The number of hydrogen-bond acceptors (Lipinski definition) is 4. The zero-order chi connectivity index (χ0) is 14.4. The molecular formula is C13H19N4O3+. The minimum Gasteiger partial charge on any atom is -0.335 e. The van der Waals surface area contributed by atoms with Gasteiger partial charge in [0.15, 0.2) is 0 Å². The second-order valence-electron chi connectivity index (χ2n) is 4.54. The lowest BCUT2D eigenvalue weighted by atomic mass is 10.3. The van der Waals surface area contributed by atoms with E-state index in [0.29, 0.717) is 12.2 Å². The Labute approximate surface area is 117 Å². The first-order valence-corrected chi connectivity index (χ1v) is 6.52. The monoisotopic (exact) mass is 279 g/mol. The van der Waals surface area contributed by atoms with Gasteiger partial charge in [0.05, 0.1) is 0 Å². The maximum Gasteiger partial charge on any atom is 0.326 e. The molecule has 1 unspecified atom stereocenters. The highest BCUT2D eigenvalue weighted by Crippen LogP contribution is 2.13. The van der Waals surface area contributed by atoms with Crippen molar-refractivity contribution >= 4 is 11.7 Å². The Hall–Kier alpha value is -2.09. The molecule has 0 aromatic heterocycles. The lowest BCUT2D eigenvalue weighted by Gasteiger charge is -2.17. The van der Waals surface area contributed by atoms with E-state index in [1.54, 1.807) is 12.1 Å². The molecule has 1 heterocycles. The Morgan fingerprint density at radius 3 is 2.80 bits per heavy atom. The first-order chi connectivity index (χ1) is 9.61. The summed E-state index contributed by atoms with van der Waals surface area (Å²) in [5.41, 5.74) is 3.12. The fraction of sp³-hybridized carbons (Fsp3) is 0.308. The van der Waals surface area contributed by atoms with E-state index in [1.807, 2.05) is 25.1 Å². The van der Waals surface area contributed by atoms with Crippen LogP contribution in [0.15, 0.2) is 42.4 Å². The Morgan fingerprint density at radius 2 is 2.10 bits per heavy atom. The molecular weight excluding hydrogens is 260 g/mol. The summed E-state index contributed by atoms with van der Waals surface area (Å²) in [5, 5.41) is 15.2. The molecule has 0 aliphatic carbocycles. The fourth-order valence-electron chi connectivity index (χ4n) is 1.74. The van der Waals surface area contributed by atoms with Crippen LogP contribution < -0.4 is 16.2 Å². The number of carbonyl (C=O) groups excluding carboxylic acids is 1. The van der Waals surface area contributed by atoms with Gasteiger partial charge in [0.1, 0.15) is 6.54 Å². The van der Waals surface area contributed by atoms with Crippen LogP contribution in [0, 0.1) is 0 Å². The van der Waals surface area contributed by atoms with Gasteiger partial charge >= 0.3 is 6.03 Å². The van der Waals surface area contributed by atoms with Gasteiger partial charge in [-0.1, -0.05) is 31.5 Å². The van der Waals surface area contributed by atoms with Gasteiger partial charge in [-0.15, -0.1) is 0 Å². The largest absolute Gasteiger partial charge is 0.335 e. The zero-order valence-corrected chi connectivity index (χ0v) is 11.3. The Kier molecular flexibility index (Phi) is 4.57. The van der Waals surface area contributed by atoms with E-state index >= 15 is 0 Å². The van der Waals surface area contributed by atoms with Gasteiger partial charge in [-0.2, -0.15) is 5.21 Å². The Balaban J connectivity index is 1.87. The van der Waals surface area contributed by atoms with Crippen molar-refractivity contribution < 1.29 is 19.6 Å². The molecule has 2 amide bonds. The van der Waals surface area contributed by atoms with Crippen molar-refractivity contribution in [2.24, 2.45) is 0 Å². The van der Waals surface area contributed by atoms with Crippen molar-refractivity contribution in [2.45, 2.75) is 19.8 Å². The standard InChI is InChI=1S/C13H18N4O3/c1-2-3-9-17(19)10-12(20-16-17)15-13(18)14-11-7-5-4-6-8-11/h4-8,10,16,19H,2-3,9H2,1H3,(H-,14,15,18)/p+1. The summed E-state index contributed by atoms with van der Waals surface area (Å²) < 4.78 is -0.547. The van der Waals surface area contributed by atoms with Gasteiger partial charge in [0.2, 0.25) is 6.20 Å². The predicted molar refractivity (Wildman–Crippen MR) is 72.7 cm³/mol. The van der Waals surface area contributed by atoms with E-state index in [4.69, 9.17) is 4.84 Å². The molecule has 7 nitrogen and oxygen atoms in total. The summed E-state index contributed by atoms with van der Waals surface area (Å²) in [6, 6.07) is 8.62. The van der Waals surface area contributed by atoms with Gasteiger partial charge in [-0.05, 0) is 16.9 Å². The van der Waals surface area contributed by atoms with E-state index in [1.165, 1.54) is 6.20 Å². The average Bonchev–Trinajstić information content (AvgIpc) is 2.79. The van der Waals surface area contributed by atoms with Crippen LogP contribution in [0.25, 0.3) is 0 Å². The van der Waals surface area contributed by atoms with Gasteiger partial charge < -0.3 is 10.2 Å². The van der Waals surface area contributed by atoms with Crippen molar-refractivity contribution in [3.8, 4) is 0 Å². The number of amides is 2. The lowest BCUT2D eigenvalue weighted by Crippen LogP contribution is -2.47. The Bertz CT molecular complexity index is 492. The molecule has 1 atom stereocenters. The van der Waals surface area contributed by atoms with Gasteiger partial charge in [0, 0.05) is 17.7 Å². The minimum atomic E-state index is -0.547.